The van der Waals surface area contributed by atoms with Crippen LogP contribution in [0.15, 0.2) is 47.8 Å². The Hall–Kier alpha value is -1.62. The lowest BCUT2D eigenvalue weighted by Crippen LogP contribution is -2.23. The standard InChI is InChI=1S/C14H11F3OS/c15-14(16,17)11(13-7-4-8-19-13)9-12(18)10-5-2-1-3-6-10/h1-8,11H,9H2. The molecule has 1 heterocycles. The van der Waals surface area contributed by atoms with Gasteiger partial charge < -0.3 is 0 Å². The molecule has 0 saturated heterocycles. The van der Waals surface area contributed by atoms with Gasteiger partial charge in [-0.25, -0.2) is 0 Å². The van der Waals surface area contributed by atoms with Crippen molar-refractivity contribution in [2.24, 2.45) is 0 Å². The zero-order chi connectivity index (χ0) is 13.9. The first kappa shape index (κ1) is 13.8. The number of hydrogen-bond acceptors (Lipinski definition) is 2. The molecule has 1 aromatic carbocycles. The Morgan fingerprint density at radius 3 is 2.32 bits per heavy atom. The van der Waals surface area contributed by atoms with Crippen LogP contribution in [-0.4, -0.2) is 12.0 Å². The van der Waals surface area contributed by atoms with Crippen LogP contribution in [0.25, 0.3) is 0 Å². The van der Waals surface area contributed by atoms with Crippen LogP contribution in [0.3, 0.4) is 0 Å². The highest BCUT2D eigenvalue weighted by Gasteiger charge is 2.42. The van der Waals surface area contributed by atoms with Gasteiger partial charge in [-0.2, -0.15) is 13.2 Å². The van der Waals surface area contributed by atoms with Gasteiger partial charge in [-0.3, -0.25) is 4.79 Å². The van der Waals surface area contributed by atoms with Crippen LogP contribution < -0.4 is 0 Å². The van der Waals surface area contributed by atoms with Gasteiger partial charge in [-0.05, 0) is 11.4 Å². The summed E-state index contributed by atoms with van der Waals surface area (Å²) in [6.45, 7) is 0. The molecule has 1 aromatic heterocycles. The number of Topliss-reactive ketones (excluding diaryl/α,β-unsaturated/α-hetero) is 1. The van der Waals surface area contributed by atoms with Crippen molar-refractivity contribution < 1.29 is 18.0 Å². The molecule has 0 radical (unpaired) electrons. The van der Waals surface area contributed by atoms with E-state index in [1.54, 1.807) is 29.6 Å². The molecule has 5 heteroatoms. The molecule has 0 amide bonds. The minimum Gasteiger partial charge on any atom is -0.294 e. The molecule has 19 heavy (non-hydrogen) atoms. The van der Waals surface area contributed by atoms with Crippen LogP contribution in [0.5, 0.6) is 0 Å². The number of thiophene rings is 1. The highest BCUT2D eigenvalue weighted by molar-refractivity contribution is 7.10. The maximum Gasteiger partial charge on any atom is 0.396 e. The molecule has 0 bridgehead atoms. The Morgan fingerprint density at radius 1 is 1.11 bits per heavy atom. The maximum absolute atomic E-state index is 13.0. The van der Waals surface area contributed by atoms with E-state index >= 15 is 0 Å². The molecule has 0 spiro atoms. The first-order valence-electron chi connectivity index (χ1n) is 5.67. The Labute approximate surface area is 112 Å². The van der Waals surface area contributed by atoms with E-state index in [4.69, 9.17) is 0 Å². The molecule has 0 aliphatic carbocycles. The third-order valence-electron chi connectivity index (χ3n) is 2.77. The number of ketones is 1. The molecule has 0 saturated carbocycles. The third-order valence-corrected chi connectivity index (χ3v) is 3.75. The van der Waals surface area contributed by atoms with E-state index in [1.165, 1.54) is 18.2 Å². The lowest BCUT2D eigenvalue weighted by molar-refractivity contribution is -0.149. The smallest absolute Gasteiger partial charge is 0.294 e. The average molecular weight is 284 g/mol. The maximum atomic E-state index is 13.0. The molecule has 0 fully saturated rings. The summed E-state index contributed by atoms with van der Waals surface area (Å²) in [5, 5.41) is 1.58. The van der Waals surface area contributed by atoms with Crippen LogP contribution >= 0.6 is 11.3 Å². The minimum atomic E-state index is -4.41. The summed E-state index contributed by atoms with van der Waals surface area (Å²) in [5.41, 5.74) is 0.313. The van der Waals surface area contributed by atoms with Crippen LogP contribution in [0.4, 0.5) is 13.2 Å². The summed E-state index contributed by atoms with van der Waals surface area (Å²) in [6.07, 6.45) is -4.96. The second-order valence-electron chi connectivity index (χ2n) is 4.10. The summed E-state index contributed by atoms with van der Waals surface area (Å²) >= 11 is 1.02. The number of carbonyl (C=O) groups excluding carboxylic acids is 1. The normalized spacial score (nSPS) is 13.2. The number of hydrogen-bond donors (Lipinski definition) is 0. The lowest BCUT2D eigenvalue weighted by Gasteiger charge is -2.18. The molecule has 0 aliphatic rings. The number of rotatable bonds is 4. The van der Waals surface area contributed by atoms with Crippen molar-refractivity contribution in [2.75, 3.05) is 0 Å². The minimum absolute atomic E-state index is 0.178. The molecule has 1 atom stereocenters. The molecule has 1 nitrogen and oxygen atoms in total. The number of carbonyl (C=O) groups is 1. The highest BCUT2D eigenvalue weighted by Crippen LogP contribution is 2.40. The van der Waals surface area contributed by atoms with E-state index in [9.17, 15) is 18.0 Å². The van der Waals surface area contributed by atoms with Crippen LogP contribution in [-0.2, 0) is 0 Å². The van der Waals surface area contributed by atoms with Crippen molar-refractivity contribution in [3.05, 3.63) is 58.3 Å². The van der Waals surface area contributed by atoms with Gasteiger partial charge >= 0.3 is 6.18 Å². The molecule has 2 rings (SSSR count). The fourth-order valence-corrected chi connectivity index (χ4v) is 2.65. The Balaban J connectivity index is 2.21. The van der Waals surface area contributed by atoms with Crippen molar-refractivity contribution in [2.45, 2.75) is 18.5 Å². The predicted octanol–water partition coefficient (Wildman–Crippen LogP) is 4.67. The SMILES string of the molecule is O=C(CC(c1cccs1)C(F)(F)F)c1ccccc1. The van der Waals surface area contributed by atoms with Gasteiger partial charge in [0, 0.05) is 16.9 Å². The van der Waals surface area contributed by atoms with Gasteiger partial charge in [-0.15, -0.1) is 11.3 Å². The van der Waals surface area contributed by atoms with E-state index in [0.29, 0.717) is 5.56 Å². The highest BCUT2D eigenvalue weighted by atomic mass is 32.1. The molecule has 0 aliphatic heterocycles. The van der Waals surface area contributed by atoms with Crippen molar-refractivity contribution in [3.63, 3.8) is 0 Å². The average Bonchev–Trinajstić information content (AvgIpc) is 2.88. The molecular weight excluding hydrogens is 273 g/mol. The van der Waals surface area contributed by atoms with E-state index in [1.807, 2.05) is 0 Å². The quantitative estimate of drug-likeness (QED) is 0.746. The van der Waals surface area contributed by atoms with Crippen LogP contribution in [0.2, 0.25) is 0 Å². The molecule has 100 valence electrons. The zero-order valence-electron chi connectivity index (χ0n) is 9.85. The second kappa shape index (κ2) is 5.57. The number of halogens is 3. The van der Waals surface area contributed by atoms with Crippen molar-refractivity contribution in [1.82, 2.24) is 0 Å². The molecule has 1 unspecified atom stereocenters. The zero-order valence-corrected chi connectivity index (χ0v) is 10.7. The predicted molar refractivity (Wildman–Crippen MR) is 68.5 cm³/mol. The number of benzene rings is 1. The Morgan fingerprint density at radius 2 is 1.79 bits per heavy atom. The molecular formula is C14H11F3OS. The van der Waals surface area contributed by atoms with Crippen molar-refractivity contribution >= 4 is 17.1 Å². The summed E-state index contributed by atoms with van der Waals surface area (Å²) < 4.78 is 39.0. The topological polar surface area (TPSA) is 17.1 Å². The first-order valence-corrected chi connectivity index (χ1v) is 6.55. The van der Waals surface area contributed by atoms with Gasteiger partial charge in [-0.1, -0.05) is 36.4 Å². The van der Waals surface area contributed by atoms with E-state index in [2.05, 4.69) is 0 Å². The molecule has 2 aromatic rings. The van der Waals surface area contributed by atoms with Gasteiger partial charge in [0.1, 0.15) is 0 Å². The monoisotopic (exact) mass is 284 g/mol. The lowest BCUT2D eigenvalue weighted by atomic mass is 9.96. The summed E-state index contributed by atoms with van der Waals surface area (Å²) in [5.74, 6) is -2.21. The Bertz CT molecular complexity index is 532. The van der Waals surface area contributed by atoms with E-state index in [0.717, 1.165) is 11.3 Å². The summed E-state index contributed by atoms with van der Waals surface area (Å²) in [7, 11) is 0. The number of alkyl halides is 3. The van der Waals surface area contributed by atoms with Crippen LogP contribution in [0.1, 0.15) is 27.6 Å². The summed E-state index contributed by atoms with van der Waals surface area (Å²) in [4.78, 5) is 12.1. The van der Waals surface area contributed by atoms with Gasteiger partial charge in [0.05, 0.1) is 5.92 Å². The summed E-state index contributed by atoms with van der Waals surface area (Å²) in [6, 6.07) is 11.0. The van der Waals surface area contributed by atoms with Gasteiger partial charge in [0.25, 0.3) is 0 Å². The van der Waals surface area contributed by atoms with E-state index < -0.39 is 24.3 Å². The van der Waals surface area contributed by atoms with Crippen molar-refractivity contribution in [1.29, 1.82) is 0 Å². The molecule has 0 N–H and O–H groups in total. The largest absolute Gasteiger partial charge is 0.396 e. The van der Waals surface area contributed by atoms with Crippen LogP contribution in [0, 0.1) is 0 Å². The van der Waals surface area contributed by atoms with E-state index in [-0.39, 0.29) is 4.88 Å². The fourth-order valence-electron chi connectivity index (χ4n) is 1.79. The third kappa shape index (κ3) is 3.44. The van der Waals surface area contributed by atoms with Gasteiger partial charge in [0.2, 0.25) is 0 Å². The first-order chi connectivity index (χ1) is 8.98. The Kier molecular flexibility index (Phi) is 4.04. The fraction of sp³-hybridized carbons (Fsp3) is 0.214. The second-order valence-corrected chi connectivity index (χ2v) is 5.08. The van der Waals surface area contributed by atoms with Crippen molar-refractivity contribution in [3.8, 4) is 0 Å². The van der Waals surface area contributed by atoms with Gasteiger partial charge in [0.15, 0.2) is 5.78 Å².